The summed E-state index contributed by atoms with van der Waals surface area (Å²) in [5.74, 6) is 4.41. The molecule has 0 saturated carbocycles. The summed E-state index contributed by atoms with van der Waals surface area (Å²) in [6.45, 7) is 0.0315. The first-order valence-corrected chi connectivity index (χ1v) is 7.45. The average Bonchev–Trinajstić information content (AvgIpc) is 2.88. The molecule has 0 bridgehead atoms. The van der Waals surface area contributed by atoms with E-state index in [-0.39, 0.29) is 22.1 Å². The molecule has 0 aliphatic rings. The summed E-state index contributed by atoms with van der Waals surface area (Å²) in [5.41, 5.74) is 5.24. The van der Waals surface area contributed by atoms with Gasteiger partial charge in [0.05, 0.1) is 6.54 Å². The molecule has 0 amide bonds. The van der Waals surface area contributed by atoms with Crippen molar-refractivity contribution < 1.29 is 12.8 Å². The maximum absolute atomic E-state index is 13.2. The lowest BCUT2D eigenvalue weighted by molar-refractivity contribution is 0.599. The first kappa shape index (κ1) is 14.3. The number of anilines is 1. The van der Waals surface area contributed by atoms with Crippen molar-refractivity contribution >= 4 is 26.7 Å². The lowest BCUT2D eigenvalue weighted by atomic mass is 10.2. The minimum atomic E-state index is -3.95. The molecule has 1 aromatic carbocycles. The zero-order valence-corrected chi connectivity index (χ0v) is 11.5. The summed E-state index contributed by atoms with van der Waals surface area (Å²) < 4.78 is 43.2. The molecule has 0 aliphatic heterocycles. The second kappa shape index (κ2) is 5.91. The van der Waals surface area contributed by atoms with E-state index in [1.165, 1.54) is 0 Å². The van der Waals surface area contributed by atoms with Crippen LogP contribution >= 0.6 is 11.5 Å². The van der Waals surface area contributed by atoms with Crippen LogP contribution in [0.4, 0.5) is 9.52 Å². The highest BCUT2D eigenvalue weighted by Crippen LogP contribution is 2.20. The summed E-state index contributed by atoms with van der Waals surface area (Å²) in [6.07, 6.45) is 0. The van der Waals surface area contributed by atoms with Crippen LogP contribution in [-0.4, -0.2) is 29.8 Å². The van der Waals surface area contributed by atoms with E-state index in [4.69, 9.17) is 5.73 Å². The van der Waals surface area contributed by atoms with Crippen LogP contribution in [0.2, 0.25) is 0 Å². The minimum absolute atomic E-state index is 0.00654. The van der Waals surface area contributed by atoms with Crippen molar-refractivity contribution in [3.63, 3.8) is 0 Å². The van der Waals surface area contributed by atoms with E-state index in [0.717, 1.165) is 29.7 Å². The SMILES string of the molecule is NCC#Cc1cc(F)ccc1S(=O)(=O)Nc1nnns1. The van der Waals surface area contributed by atoms with Crippen LogP contribution in [0.3, 0.4) is 0 Å². The second-order valence-electron chi connectivity index (χ2n) is 3.42. The average molecular weight is 313 g/mol. The Labute approximate surface area is 118 Å². The maximum atomic E-state index is 13.2. The molecule has 2 rings (SSSR count). The molecule has 20 heavy (non-hydrogen) atoms. The molecule has 0 atom stereocenters. The standard InChI is InChI=1S/C10H8FN5O2S2/c11-8-3-4-9(7(6-8)2-1-5-12)20(17,18)14-10-13-15-16-19-10/h3-4,6H,5,12H2,(H,13,14,16). The fourth-order valence-corrected chi connectivity index (χ4v) is 3.05. The normalized spacial score (nSPS) is 10.7. The smallest absolute Gasteiger partial charge is 0.264 e. The van der Waals surface area contributed by atoms with Gasteiger partial charge in [-0.1, -0.05) is 21.4 Å². The van der Waals surface area contributed by atoms with Gasteiger partial charge in [-0.25, -0.2) is 12.8 Å². The van der Waals surface area contributed by atoms with Crippen molar-refractivity contribution in [1.82, 2.24) is 14.8 Å². The monoisotopic (exact) mass is 313 g/mol. The number of nitrogens with one attached hydrogen (secondary N) is 1. The molecule has 1 heterocycles. The molecule has 0 unspecified atom stereocenters. The quantitative estimate of drug-likeness (QED) is 0.782. The summed E-state index contributed by atoms with van der Waals surface area (Å²) in [4.78, 5) is -0.171. The van der Waals surface area contributed by atoms with Gasteiger partial charge in [0.1, 0.15) is 10.7 Å². The van der Waals surface area contributed by atoms with Gasteiger partial charge in [0, 0.05) is 17.1 Å². The van der Waals surface area contributed by atoms with Gasteiger partial charge >= 0.3 is 0 Å². The maximum Gasteiger partial charge on any atom is 0.264 e. The molecule has 0 fully saturated rings. The van der Waals surface area contributed by atoms with E-state index in [2.05, 4.69) is 31.4 Å². The predicted octanol–water partition coefficient (Wildman–Crippen LogP) is 0.183. The number of nitrogens with zero attached hydrogens (tertiary/aromatic N) is 3. The van der Waals surface area contributed by atoms with Crippen LogP contribution in [0, 0.1) is 17.7 Å². The van der Waals surface area contributed by atoms with Crippen LogP contribution in [0.5, 0.6) is 0 Å². The zero-order chi connectivity index (χ0) is 14.6. The van der Waals surface area contributed by atoms with Crippen molar-refractivity contribution in [2.24, 2.45) is 5.73 Å². The molecule has 0 saturated heterocycles. The van der Waals surface area contributed by atoms with E-state index in [0.29, 0.717) is 0 Å². The fourth-order valence-electron chi connectivity index (χ4n) is 1.32. The van der Waals surface area contributed by atoms with Crippen molar-refractivity contribution in [1.29, 1.82) is 0 Å². The van der Waals surface area contributed by atoms with Crippen molar-refractivity contribution in [3.8, 4) is 11.8 Å². The third-order valence-corrected chi connectivity index (χ3v) is 4.11. The number of benzene rings is 1. The molecule has 0 aliphatic carbocycles. The molecular formula is C10H8FN5O2S2. The second-order valence-corrected chi connectivity index (χ2v) is 5.80. The number of hydrogen-bond acceptors (Lipinski definition) is 7. The molecular weight excluding hydrogens is 305 g/mol. The molecule has 7 nitrogen and oxygen atoms in total. The number of halogens is 1. The Morgan fingerprint density at radius 3 is 2.90 bits per heavy atom. The number of rotatable bonds is 3. The highest BCUT2D eigenvalue weighted by atomic mass is 32.2. The van der Waals surface area contributed by atoms with Gasteiger partial charge in [-0.15, -0.1) is 0 Å². The van der Waals surface area contributed by atoms with Gasteiger partial charge in [-0.2, -0.15) is 0 Å². The first-order chi connectivity index (χ1) is 9.53. The Morgan fingerprint density at radius 1 is 1.45 bits per heavy atom. The lowest BCUT2D eigenvalue weighted by Crippen LogP contribution is -2.14. The van der Waals surface area contributed by atoms with Crippen molar-refractivity contribution in [2.45, 2.75) is 4.90 Å². The van der Waals surface area contributed by atoms with E-state index in [1.54, 1.807) is 0 Å². The van der Waals surface area contributed by atoms with Gasteiger partial charge in [-0.05, 0) is 23.4 Å². The zero-order valence-electron chi connectivity index (χ0n) is 9.87. The van der Waals surface area contributed by atoms with E-state index < -0.39 is 15.8 Å². The summed E-state index contributed by atoms with van der Waals surface area (Å²) in [7, 11) is -3.95. The van der Waals surface area contributed by atoms with Crippen LogP contribution < -0.4 is 10.5 Å². The first-order valence-electron chi connectivity index (χ1n) is 5.19. The third kappa shape index (κ3) is 3.27. The third-order valence-electron chi connectivity index (χ3n) is 2.08. The van der Waals surface area contributed by atoms with Gasteiger partial charge in [-0.3, -0.25) is 4.72 Å². The van der Waals surface area contributed by atoms with E-state index in [1.807, 2.05) is 0 Å². The van der Waals surface area contributed by atoms with Crippen molar-refractivity contribution in [3.05, 3.63) is 29.6 Å². The summed E-state index contributed by atoms with van der Waals surface area (Å²) in [6, 6.07) is 3.17. The summed E-state index contributed by atoms with van der Waals surface area (Å²) in [5, 5.41) is 6.75. The van der Waals surface area contributed by atoms with Gasteiger partial charge < -0.3 is 5.73 Å². The molecule has 0 spiro atoms. The number of aromatic nitrogens is 3. The molecule has 10 heteroatoms. The molecule has 0 radical (unpaired) electrons. The van der Waals surface area contributed by atoms with E-state index >= 15 is 0 Å². The number of hydrogen-bond donors (Lipinski definition) is 2. The summed E-state index contributed by atoms with van der Waals surface area (Å²) >= 11 is 0.779. The Kier molecular flexibility index (Phi) is 4.23. The van der Waals surface area contributed by atoms with Gasteiger partial charge in [0.2, 0.25) is 5.13 Å². The molecule has 2 aromatic rings. The van der Waals surface area contributed by atoms with Crippen molar-refractivity contribution in [2.75, 3.05) is 11.3 Å². The molecule has 104 valence electrons. The predicted molar refractivity (Wildman–Crippen MR) is 70.8 cm³/mol. The molecule has 3 N–H and O–H groups in total. The van der Waals surface area contributed by atoms with Crippen LogP contribution in [0.15, 0.2) is 23.1 Å². The lowest BCUT2D eigenvalue weighted by Gasteiger charge is -2.06. The highest BCUT2D eigenvalue weighted by molar-refractivity contribution is 7.93. The molecule has 1 aromatic heterocycles. The van der Waals surface area contributed by atoms with E-state index in [9.17, 15) is 12.8 Å². The van der Waals surface area contributed by atoms with Crippen LogP contribution in [0.1, 0.15) is 5.56 Å². The Bertz CT molecular complexity index is 765. The van der Waals surface area contributed by atoms with Gasteiger partial charge in [0.15, 0.2) is 0 Å². The van der Waals surface area contributed by atoms with Gasteiger partial charge in [0.25, 0.3) is 10.0 Å². The fraction of sp³-hybridized carbons (Fsp3) is 0.100. The number of nitrogens with two attached hydrogens (primary N) is 1. The Hall–Kier alpha value is -2.09. The number of sulfonamides is 1. The Balaban J connectivity index is 2.45. The highest BCUT2D eigenvalue weighted by Gasteiger charge is 2.20. The Morgan fingerprint density at radius 2 is 2.25 bits per heavy atom. The van der Waals surface area contributed by atoms with Crippen LogP contribution in [0.25, 0.3) is 0 Å². The topological polar surface area (TPSA) is 111 Å². The minimum Gasteiger partial charge on any atom is -0.320 e. The van der Waals surface area contributed by atoms with Crippen LogP contribution in [-0.2, 0) is 10.0 Å². The largest absolute Gasteiger partial charge is 0.320 e.